The Balaban J connectivity index is 2.80. The molecule has 0 unspecified atom stereocenters. The van der Waals surface area contributed by atoms with E-state index in [1.165, 1.54) is 11.1 Å². The van der Waals surface area contributed by atoms with E-state index >= 15 is 0 Å². The number of nitrogens with zero attached hydrogens (tertiary/aromatic N) is 2. The summed E-state index contributed by atoms with van der Waals surface area (Å²) >= 11 is 3.45. The van der Waals surface area contributed by atoms with E-state index in [0.717, 1.165) is 16.8 Å². The van der Waals surface area contributed by atoms with Gasteiger partial charge < -0.3 is 4.57 Å². The second-order valence-electron chi connectivity index (χ2n) is 3.12. The van der Waals surface area contributed by atoms with E-state index in [1.54, 1.807) is 0 Å². The van der Waals surface area contributed by atoms with Gasteiger partial charge in [0.2, 0.25) is 0 Å². The van der Waals surface area contributed by atoms with Crippen LogP contribution in [0.3, 0.4) is 0 Å². The third-order valence-corrected chi connectivity index (χ3v) is 2.78. The Morgan fingerprint density at radius 2 is 2.23 bits per heavy atom. The molecule has 0 spiro atoms. The summed E-state index contributed by atoms with van der Waals surface area (Å²) in [6.07, 6.45) is 0. The smallest absolute Gasteiger partial charge is 0.178 e. The number of hydrogen-bond donors (Lipinski definition) is 0. The van der Waals surface area contributed by atoms with E-state index in [9.17, 15) is 0 Å². The van der Waals surface area contributed by atoms with Crippen LogP contribution in [0, 0.1) is 6.92 Å². The molecule has 0 amide bonds. The van der Waals surface area contributed by atoms with Crippen molar-refractivity contribution in [2.24, 2.45) is 0 Å². The lowest BCUT2D eigenvalue weighted by molar-refractivity contribution is 0.765. The molecule has 0 N–H and O–H groups in total. The van der Waals surface area contributed by atoms with Crippen LogP contribution in [-0.2, 0) is 6.54 Å². The lowest BCUT2D eigenvalue weighted by Gasteiger charge is -2.00. The van der Waals surface area contributed by atoms with Crippen LogP contribution in [0.5, 0.6) is 0 Å². The molecule has 0 bridgehead atoms. The Bertz CT molecular complexity index is 445. The summed E-state index contributed by atoms with van der Waals surface area (Å²) in [5, 5.41) is 0. The second kappa shape index (κ2) is 3.14. The SMILES string of the molecule is CCn1c(Br)nc2ccc(C)cc21. The van der Waals surface area contributed by atoms with Crippen molar-refractivity contribution in [3.63, 3.8) is 0 Å². The van der Waals surface area contributed by atoms with Crippen LogP contribution in [0.15, 0.2) is 22.9 Å². The molecule has 0 fully saturated rings. The lowest BCUT2D eigenvalue weighted by atomic mass is 10.2. The first-order valence-electron chi connectivity index (χ1n) is 4.34. The van der Waals surface area contributed by atoms with Gasteiger partial charge in [0.25, 0.3) is 0 Å². The molecule has 2 rings (SSSR count). The van der Waals surface area contributed by atoms with Crippen molar-refractivity contribution in [3.8, 4) is 0 Å². The first-order valence-corrected chi connectivity index (χ1v) is 5.14. The van der Waals surface area contributed by atoms with Crippen molar-refractivity contribution < 1.29 is 0 Å². The van der Waals surface area contributed by atoms with E-state index in [-0.39, 0.29) is 0 Å². The summed E-state index contributed by atoms with van der Waals surface area (Å²) in [4.78, 5) is 4.40. The molecule has 0 radical (unpaired) electrons. The fourth-order valence-corrected chi connectivity index (χ4v) is 2.14. The van der Waals surface area contributed by atoms with Crippen LogP contribution in [0.4, 0.5) is 0 Å². The highest BCUT2D eigenvalue weighted by molar-refractivity contribution is 9.10. The summed E-state index contributed by atoms with van der Waals surface area (Å²) < 4.78 is 3.07. The number of imidazole rings is 1. The van der Waals surface area contributed by atoms with Gasteiger partial charge in [-0.1, -0.05) is 6.07 Å². The number of halogens is 1. The van der Waals surface area contributed by atoms with Crippen molar-refractivity contribution in [3.05, 3.63) is 28.5 Å². The zero-order valence-corrected chi connectivity index (χ0v) is 9.30. The van der Waals surface area contributed by atoms with Crippen molar-refractivity contribution in [1.82, 2.24) is 9.55 Å². The molecule has 2 aromatic rings. The van der Waals surface area contributed by atoms with Gasteiger partial charge in [0.05, 0.1) is 11.0 Å². The molecule has 0 aliphatic rings. The molecular weight excluding hydrogens is 228 g/mol. The molecule has 2 nitrogen and oxygen atoms in total. The summed E-state index contributed by atoms with van der Waals surface area (Å²) in [5.41, 5.74) is 3.53. The number of benzene rings is 1. The molecule has 3 heteroatoms. The molecule has 0 aliphatic carbocycles. The summed E-state index contributed by atoms with van der Waals surface area (Å²) in [5.74, 6) is 0. The minimum atomic E-state index is 0.913. The van der Waals surface area contributed by atoms with Crippen LogP contribution in [-0.4, -0.2) is 9.55 Å². The van der Waals surface area contributed by atoms with E-state index in [4.69, 9.17) is 0 Å². The Labute approximate surface area is 85.7 Å². The second-order valence-corrected chi connectivity index (χ2v) is 3.83. The van der Waals surface area contributed by atoms with E-state index in [0.29, 0.717) is 0 Å². The molecule has 0 saturated heterocycles. The van der Waals surface area contributed by atoms with Gasteiger partial charge in [0, 0.05) is 6.54 Å². The van der Waals surface area contributed by atoms with E-state index in [2.05, 4.69) is 57.5 Å². The van der Waals surface area contributed by atoms with Crippen molar-refractivity contribution >= 4 is 27.0 Å². The van der Waals surface area contributed by atoms with Gasteiger partial charge in [0.15, 0.2) is 4.73 Å². The first-order chi connectivity index (χ1) is 6.22. The van der Waals surface area contributed by atoms with Gasteiger partial charge >= 0.3 is 0 Å². The maximum absolute atomic E-state index is 4.40. The maximum Gasteiger partial charge on any atom is 0.178 e. The monoisotopic (exact) mass is 238 g/mol. The average molecular weight is 239 g/mol. The van der Waals surface area contributed by atoms with Gasteiger partial charge in [-0.25, -0.2) is 4.98 Å². The van der Waals surface area contributed by atoms with Crippen LogP contribution < -0.4 is 0 Å². The Kier molecular flexibility index (Phi) is 2.12. The van der Waals surface area contributed by atoms with Crippen LogP contribution >= 0.6 is 15.9 Å². The van der Waals surface area contributed by atoms with Crippen LogP contribution in [0.2, 0.25) is 0 Å². The van der Waals surface area contributed by atoms with E-state index in [1.807, 2.05) is 0 Å². The number of hydrogen-bond acceptors (Lipinski definition) is 1. The third kappa shape index (κ3) is 1.37. The third-order valence-electron chi connectivity index (χ3n) is 2.17. The zero-order valence-electron chi connectivity index (χ0n) is 7.71. The lowest BCUT2D eigenvalue weighted by Crippen LogP contribution is -1.93. The van der Waals surface area contributed by atoms with Gasteiger partial charge in [-0.3, -0.25) is 0 Å². The first kappa shape index (κ1) is 8.75. The topological polar surface area (TPSA) is 17.8 Å². The molecule has 1 aromatic heterocycles. The Hall–Kier alpha value is -0.830. The number of rotatable bonds is 1. The minimum absolute atomic E-state index is 0.913. The highest BCUT2D eigenvalue weighted by Crippen LogP contribution is 2.20. The normalized spacial score (nSPS) is 11.0. The average Bonchev–Trinajstić information content (AvgIpc) is 2.40. The summed E-state index contributed by atoms with van der Waals surface area (Å²) in [6.45, 7) is 5.16. The standard InChI is InChI=1S/C10H11BrN2/c1-3-13-9-6-7(2)4-5-8(9)12-10(13)11/h4-6H,3H2,1-2H3. The fourth-order valence-electron chi connectivity index (χ4n) is 1.50. The van der Waals surface area contributed by atoms with E-state index < -0.39 is 0 Å². The predicted molar refractivity (Wildman–Crippen MR) is 57.8 cm³/mol. The molecule has 0 atom stereocenters. The molecule has 1 heterocycles. The highest BCUT2D eigenvalue weighted by Gasteiger charge is 2.05. The Morgan fingerprint density at radius 3 is 2.92 bits per heavy atom. The van der Waals surface area contributed by atoms with Gasteiger partial charge in [-0.05, 0) is 47.5 Å². The van der Waals surface area contributed by atoms with Gasteiger partial charge in [-0.15, -0.1) is 0 Å². The highest BCUT2D eigenvalue weighted by atomic mass is 79.9. The molecule has 13 heavy (non-hydrogen) atoms. The Morgan fingerprint density at radius 1 is 1.46 bits per heavy atom. The summed E-state index contributed by atoms with van der Waals surface area (Å²) in [6, 6.07) is 6.31. The number of aryl methyl sites for hydroxylation is 2. The fraction of sp³-hybridized carbons (Fsp3) is 0.300. The molecule has 1 aromatic carbocycles. The van der Waals surface area contributed by atoms with Crippen LogP contribution in [0.25, 0.3) is 11.0 Å². The minimum Gasteiger partial charge on any atom is -0.319 e. The largest absolute Gasteiger partial charge is 0.319 e. The summed E-state index contributed by atoms with van der Waals surface area (Å²) in [7, 11) is 0. The van der Waals surface area contributed by atoms with Gasteiger partial charge in [-0.2, -0.15) is 0 Å². The predicted octanol–water partition coefficient (Wildman–Crippen LogP) is 3.13. The molecule has 0 saturated carbocycles. The molecule has 68 valence electrons. The van der Waals surface area contributed by atoms with Crippen molar-refractivity contribution in [2.75, 3.05) is 0 Å². The number of aromatic nitrogens is 2. The quantitative estimate of drug-likeness (QED) is 0.747. The maximum atomic E-state index is 4.40. The van der Waals surface area contributed by atoms with Crippen LogP contribution in [0.1, 0.15) is 12.5 Å². The zero-order chi connectivity index (χ0) is 9.42. The molecule has 0 aliphatic heterocycles. The van der Waals surface area contributed by atoms with Gasteiger partial charge in [0.1, 0.15) is 0 Å². The van der Waals surface area contributed by atoms with Crippen molar-refractivity contribution in [1.29, 1.82) is 0 Å². The number of fused-ring (bicyclic) bond motifs is 1. The molecular formula is C10H11BrN2. The van der Waals surface area contributed by atoms with Crippen molar-refractivity contribution in [2.45, 2.75) is 20.4 Å².